The van der Waals surface area contributed by atoms with E-state index >= 15 is 0 Å². The highest BCUT2D eigenvalue weighted by molar-refractivity contribution is 5.76. The van der Waals surface area contributed by atoms with Gasteiger partial charge in [-0.05, 0) is 45.2 Å². The summed E-state index contributed by atoms with van der Waals surface area (Å²) < 4.78 is 0. The predicted molar refractivity (Wildman–Crippen MR) is 78.4 cm³/mol. The van der Waals surface area contributed by atoms with E-state index < -0.39 is 5.60 Å². The molecule has 1 saturated carbocycles. The maximum Gasteiger partial charge on any atom is 0.223 e. The molecule has 2 aliphatic heterocycles. The molecule has 20 heavy (non-hydrogen) atoms. The minimum atomic E-state index is -0.468. The van der Waals surface area contributed by atoms with Crippen LogP contribution in [0.25, 0.3) is 0 Å². The Kier molecular flexibility index (Phi) is 4.32. The monoisotopic (exact) mass is 280 g/mol. The fourth-order valence-electron chi connectivity index (χ4n) is 4.22. The number of rotatable bonds is 3. The summed E-state index contributed by atoms with van der Waals surface area (Å²) in [7, 11) is 0. The summed E-state index contributed by atoms with van der Waals surface area (Å²) in [6.45, 7) is 4.79. The summed E-state index contributed by atoms with van der Waals surface area (Å²) in [4.78, 5) is 16.8. The van der Waals surface area contributed by atoms with Gasteiger partial charge < -0.3 is 14.9 Å². The largest absolute Gasteiger partial charge is 0.389 e. The number of amides is 1. The first-order valence-corrected chi connectivity index (χ1v) is 8.40. The maximum absolute atomic E-state index is 12.4. The zero-order chi connectivity index (χ0) is 14.0. The van der Waals surface area contributed by atoms with Crippen molar-refractivity contribution >= 4 is 5.91 Å². The number of aliphatic hydroxyl groups is 1. The van der Waals surface area contributed by atoms with Gasteiger partial charge in [-0.15, -0.1) is 0 Å². The molecule has 3 aliphatic rings. The van der Waals surface area contributed by atoms with Gasteiger partial charge in [-0.25, -0.2) is 0 Å². The summed E-state index contributed by atoms with van der Waals surface area (Å²) >= 11 is 0. The van der Waals surface area contributed by atoms with Gasteiger partial charge in [0.25, 0.3) is 0 Å². The Morgan fingerprint density at radius 3 is 2.70 bits per heavy atom. The summed E-state index contributed by atoms with van der Waals surface area (Å²) in [5.74, 6) is 0.616. The quantitative estimate of drug-likeness (QED) is 0.854. The molecule has 4 heteroatoms. The van der Waals surface area contributed by atoms with Crippen molar-refractivity contribution in [2.45, 2.75) is 57.0 Å². The van der Waals surface area contributed by atoms with Gasteiger partial charge in [-0.1, -0.05) is 12.8 Å². The molecule has 0 radical (unpaired) electrons. The molecule has 0 aromatic heterocycles. The predicted octanol–water partition coefficient (Wildman–Crippen LogP) is 1.63. The normalized spacial score (nSPS) is 35.0. The van der Waals surface area contributed by atoms with Crippen LogP contribution in [0.4, 0.5) is 0 Å². The summed E-state index contributed by atoms with van der Waals surface area (Å²) in [6.07, 6.45) is 8.40. The van der Waals surface area contributed by atoms with E-state index in [1.165, 1.54) is 19.3 Å². The minimum Gasteiger partial charge on any atom is -0.389 e. The molecule has 0 aromatic carbocycles. The Balaban J connectivity index is 1.49. The first-order chi connectivity index (χ1) is 9.67. The molecular weight excluding hydrogens is 252 g/mol. The van der Waals surface area contributed by atoms with Crippen molar-refractivity contribution in [3.8, 4) is 0 Å². The van der Waals surface area contributed by atoms with E-state index in [1.54, 1.807) is 0 Å². The number of piperidine rings is 1. The molecule has 2 heterocycles. The highest BCUT2D eigenvalue weighted by Gasteiger charge is 2.43. The van der Waals surface area contributed by atoms with Gasteiger partial charge in [-0.3, -0.25) is 4.79 Å². The number of hydrogen-bond acceptors (Lipinski definition) is 3. The Labute approximate surface area is 122 Å². The third kappa shape index (κ3) is 3.01. The zero-order valence-corrected chi connectivity index (χ0v) is 12.5. The lowest BCUT2D eigenvalue weighted by atomic mass is 9.71. The van der Waals surface area contributed by atoms with E-state index in [4.69, 9.17) is 0 Å². The Morgan fingerprint density at radius 2 is 1.90 bits per heavy atom. The van der Waals surface area contributed by atoms with Crippen LogP contribution in [-0.2, 0) is 4.79 Å². The van der Waals surface area contributed by atoms with Gasteiger partial charge in [0, 0.05) is 32.0 Å². The minimum absolute atomic E-state index is 0.296. The molecule has 1 N–H and O–H groups in total. The standard InChI is InChI=1S/C16H28N2O2/c19-15(6-11-17-9-3-4-10-17)18-12-8-16(20)7-2-1-5-14(16)13-18/h14,20H,1-13H2. The molecule has 114 valence electrons. The summed E-state index contributed by atoms with van der Waals surface area (Å²) in [5.41, 5.74) is -0.468. The molecule has 2 atom stereocenters. The average Bonchev–Trinajstić information content (AvgIpc) is 2.97. The van der Waals surface area contributed by atoms with Crippen LogP contribution in [0.15, 0.2) is 0 Å². The molecule has 2 unspecified atom stereocenters. The molecule has 4 nitrogen and oxygen atoms in total. The van der Waals surface area contributed by atoms with Crippen molar-refractivity contribution in [3.05, 3.63) is 0 Å². The van der Waals surface area contributed by atoms with Crippen molar-refractivity contribution < 1.29 is 9.90 Å². The van der Waals surface area contributed by atoms with Crippen LogP contribution in [0, 0.1) is 5.92 Å². The molecule has 1 aliphatic carbocycles. The Bertz CT molecular complexity index is 354. The second-order valence-electron chi connectivity index (χ2n) is 6.93. The van der Waals surface area contributed by atoms with E-state index in [0.29, 0.717) is 18.2 Å². The lowest BCUT2D eigenvalue weighted by Gasteiger charge is -2.47. The Morgan fingerprint density at radius 1 is 1.10 bits per heavy atom. The smallest absolute Gasteiger partial charge is 0.223 e. The van der Waals surface area contributed by atoms with E-state index in [1.807, 2.05) is 4.90 Å². The van der Waals surface area contributed by atoms with Crippen LogP contribution in [0.3, 0.4) is 0 Å². The van der Waals surface area contributed by atoms with Crippen LogP contribution in [0.1, 0.15) is 51.4 Å². The third-order valence-corrected chi connectivity index (χ3v) is 5.62. The summed E-state index contributed by atoms with van der Waals surface area (Å²) in [6, 6.07) is 0. The molecular formula is C16H28N2O2. The number of carbonyl (C=O) groups is 1. The third-order valence-electron chi connectivity index (χ3n) is 5.62. The number of hydrogen-bond donors (Lipinski definition) is 1. The fourth-order valence-corrected chi connectivity index (χ4v) is 4.22. The first kappa shape index (κ1) is 14.3. The van der Waals surface area contributed by atoms with Crippen LogP contribution in [0.2, 0.25) is 0 Å². The van der Waals surface area contributed by atoms with Gasteiger partial charge in [0.1, 0.15) is 0 Å². The molecule has 1 amide bonds. The van der Waals surface area contributed by atoms with E-state index in [-0.39, 0.29) is 0 Å². The Hall–Kier alpha value is -0.610. The SMILES string of the molecule is O=C(CCN1CCCC1)N1CCC2(O)CCCCC2C1. The maximum atomic E-state index is 12.4. The second-order valence-corrected chi connectivity index (χ2v) is 6.93. The highest BCUT2D eigenvalue weighted by Crippen LogP contribution is 2.39. The average molecular weight is 280 g/mol. The first-order valence-electron chi connectivity index (χ1n) is 8.40. The van der Waals surface area contributed by atoms with Gasteiger partial charge >= 0.3 is 0 Å². The van der Waals surface area contributed by atoms with Gasteiger partial charge in [-0.2, -0.15) is 0 Å². The number of carbonyl (C=O) groups excluding carboxylic acids is 1. The molecule has 0 spiro atoms. The van der Waals surface area contributed by atoms with Crippen molar-refractivity contribution in [1.82, 2.24) is 9.80 Å². The van der Waals surface area contributed by atoms with E-state index in [0.717, 1.165) is 58.4 Å². The van der Waals surface area contributed by atoms with Gasteiger partial charge in [0.05, 0.1) is 5.60 Å². The molecule has 3 rings (SSSR count). The number of nitrogens with zero attached hydrogens (tertiary/aromatic N) is 2. The zero-order valence-electron chi connectivity index (χ0n) is 12.5. The van der Waals surface area contributed by atoms with E-state index in [2.05, 4.69) is 4.90 Å². The molecule has 2 saturated heterocycles. The lowest BCUT2D eigenvalue weighted by molar-refractivity contribution is -0.143. The molecule has 0 bridgehead atoms. The molecule has 3 fully saturated rings. The van der Waals surface area contributed by atoms with Gasteiger partial charge in [0.15, 0.2) is 0 Å². The van der Waals surface area contributed by atoms with Crippen LogP contribution < -0.4 is 0 Å². The van der Waals surface area contributed by atoms with Crippen molar-refractivity contribution in [2.75, 3.05) is 32.7 Å². The van der Waals surface area contributed by atoms with E-state index in [9.17, 15) is 9.90 Å². The van der Waals surface area contributed by atoms with Crippen molar-refractivity contribution in [2.24, 2.45) is 5.92 Å². The van der Waals surface area contributed by atoms with Crippen LogP contribution in [-0.4, -0.2) is 59.1 Å². The van der Waals surface area contributed by atoms with Crippen LogP contribution in [0.5, 0.6) is 0 Å². The van der Waals surface area contributed by atoms with Crippen LogP contribution >= 0.6 is 0 Å². The number of likely N-dealkylation sites (tertiary alicyclic amines) is 2. The fraction of sp³-hybridized carbons (Fsp3) is 0.938. The number of fused-ring (bicyclic) bond motifs is 1. The second kappa shape index (κ2) is 6.02. The van der Waals surface area contributed by atoms with Crippen molar-refractivity contribution in [3.63, 3.8) is 0 Å². The lowest BCUT2D eigenvalue weighted by Crippen LogP contribution is -2.54. The topological polar surface area (TPSA) is 43.8 Å². The summed E-state index contributed by atoms with van der Waals surface area (Å²) in [5, 5.41) is 10.6. The molecule has 0 aromatic rings. The van der Waals surface area contributed by atoms with Gasteiger partial charge in [0.2, 0.25) is 5.91 Å². The van der Waals surface area contributed by atoms with Crippen molar-refractivity contribution in [1.29, 1.82) is 0 Å². The highest BCUT2D eigenvalue weighted by atomic mass is 16.3.